The zero-order chi connectivity index (χ0) is 39.0. The van der Waals surface area contributed by atoms with Crippen LogP contribution in [0.25, 0.3) is 0 Å². The van der Waals surface area contributed by atoms with Gasteiger partial charge in [-0.15, -0.1) is 0 Å². The molecule has 1 N–H and O–H groups in total. The Morgan fingerprint density at radius 1 is 0.655 bits per heavy atom. The Bertz CT molecular complexity index is 1700. The molecular weight excluding hydrogens is 702 g/mol. The van der Waals surface area contributed by atoms with Gasteiger partial charge in [0.15, 0.2) is 12.3 Å². The van der Waals surface area contributed by atoms with Crippen LogP contribution in [0.1, 0.15) is 49.9 Å². The van der Waals surface area contributed by atoms with Crippen LogP contribution in [0.5, 0.6) is 0 Å². The number of alkyl carbamates (subject to hydrolysis) is 1. The minimum Gasteiger partial charge on any atom is -0.467 e. The number of nitrogens with one attached hydrogen (secondary N) is 1. The van der Waals surface area contributed by atoms with Gasteiger partial charge in [-0.2, -0.15) is 0 Å². The Balaban J connectivity index is 1.49. The average molecular weight is 756 g/mol. The van der Waals surface area contributed by atoms with Crippen molar-refractivity contribution in [2.75, 3.05) is 13.7 Å². The first-order valence-electron chi connectivity index (χ1n) is 18.6. The largest absolute Gasteiger partial charge is 0.467 e. The number of benzene rings is 4. The third kappa shape index (κ3) is 13.3. The molecule has 7 atom stereocenters. The fraction of sp³-hybridized carbons (Fsp3) is 0.409. The molecule has 0 bridgehead atoms. The molecule has 11 heteroatoms. The molecule has 1 saturated heterocycles. The maximum absolute atomic E-state index is 13.1. The zero-order valence-electron chi connectivity index (χ0n) is 32.2. The molecule has 4 aromatic carbocycles. The maximum atomic E-state index is 13.1. The highest BCUT2D eigenvalue weighted by Crippen LogP contribution is 2.32. The van der Waals surface area contributed by atoms with Gasteiger partial charge in [-0.1, -0.05) is 121 Å². The molecule has 1 aliphatic rings. The van der Waals surface area contributed by atoms with Crippen LogP contribution in [-0.2, 0) is 69.1 Å². The summed E-state index contributed by atoms with van der Waals surface area (Å²) in [6.45, 7) is 8.01. The van der Waals surface area contributed by atoms with Crippen molar-refractivity contribution in [3.8, 4) is 0 Å². The topological polar surface area (TPSA) is 120 Å². The normalized spacial score (nSPS) is 20.9. The van der Waals surface area contributed by atoms with Crippen LogP contribution in [0.2, 0.25) is 0 Å². The molecule has 4 aromatic rings. The molecule has 1 amide bonds. The number of ether oxygens (including phenoxy) is 8. The van der Waals surface area contributed by atoms with Crippen LogP contribution < -0.4 is 5.32 Å². The van der Waals surface area contributed by atoms with Crippen LogP contribution in [0.4, 0.5) is 4.79 Å². The van der Waals surface area contributed by atoms with E-state index in [9.17, 15) is 9.59 Å². The van der Waals surface area contributed by atoms with Crippen LogP contribution in [-0.4, -0.2) is 74.2 Å². The number of amides is 1. The molecule has 0 aliphatic carbocycles. The van der Waals surface area contributed by atoms with Crippen molar-refractivity contribution in [2.45, 2.75) is 103 Å². The number of esters is 1. The highest BCUT2D eigenvalue weighted by Gasteiger charge is 2.50. The molecule has 294 valence electrons. The van der Waals surface area contributed by atoms with Gasteiger partial charge in [0.1, 0.15) is 30.0 Å². The van der Waals surface area contributed by atoms with E-state index in [4.69, 9.17) is 37.9 Å². The summed E-state index contributed by atoms with van der Waals surface area (Å²) >= 11 is 0. The first-order valence-corrected chi connectivity index (χ1v) is 18.6. The molecule has 0 saturated carbocycles. The van der Waals surface area contributed by atoms with E-state index >= 15 is 0 Å². The smallest absolute Gasteiger partial charge is 0.408 e. The minimum atomic E-state index is -1.25. The molecule has 5 rings (SSSR count). The Hall–Kier alpha value is -4.62. The number of carbonyl (C=O) groups is 2. The van der Waals surface area contributed by atoms with Crippen molar-refractivity contribution < 1.29 is 47.5 Å². The molecule has 0 unspecified atom stereocenters. The van der Waals surface area contributed by atoms with E-state index < -0.39 is 60.5 Å². The van der Waals surface area contributed by atoms with E-state index in [2.05, 4.69) is 5.32 Å². The monoisotopic (exact) mass is 755 g/mol. The van der Waals surface area contributed by atoms with E-state index in [1.54, 1.807) is 27.7 Å². The number of hydrogen-bond acceptors (Lipinski definition) is 10. The van der Waals surface area contributed by atoms with Crippen molar-refractivity contribution in [3.05, 3.63) is 144 Å². The SMILES string of the molecule is COC(=O)[C@@H](NC(=O)OC(C)(C)C)[C@@H](C)O[C@H]1O[C@H](COCc2ccccc2)[C@H](OCc2ccccc2)[C@H](OCc2ccccc2)[C@H]1OCc1ccccc1. The summed E-state index contributed by atoms with van der Waals surface area (Å²) in [5.74, 6) is -0.723. The molecule has 55 heavy (non-hydrogen) atoms. The predicted molar refractivity (Wildman–Crippen MR) is 206 cm³/mol. The van der Waals surface area contributed by atoms with Crippen molar-refractivity contribution >= 4 is 12.1 Å². The summed E-state index contributed by atoms with van der Waals surface area (Å²) in [4.78, 5) is 26.0. The lowest BCUT2D eigenvalue weighted by molar-refractivity contribution is -0.336. The minimum absolute atomic E-state index is 0.121. The van der Waals surface area contributed by atoms with Crippen molar-refractivity contribution in [3.63, 3.8) is 0 Å². The molecule has 0 spiro atoms. The van der Waals surface area contributed by atoms with Crippen LogP contribution >= 0.6 is 0 Å². The summed E-state index contributed by atoms with van der Waals surface area (Å²) in [6, 6.07) is 38.0. The van der Waals surface area contributed by atoms with Crippen LogP contribution in [0, 0.1) is 0 Å². The third-order valence-electron chi connectivity index (χ3n) is 8.79. The Morgan fingerprint density at radius 3 is 1.55 bits per heavy atom. The summed E-state index contributed by atoms with van der Waals surface area (Å²) < 4.78 is 50.3. The van der Waals surface area contributed by atoms with Crippen molar-refractivity contribution in [1.29, 1.82) is 0 Å². The lowest BCUT2D eigenvalue weighted by atomic mass is 9.97. The molecular formula is C44H53NO10. The molecule has 0 radical (unpaired) electrons. The summed E-state index contributed by atoms with van der Waals surface area (Å²) in [5, 5.41) is 2.62. The van der Waals surface area contributed by atoms with Gasteiger partial charge in [-0.3, -0.25) is 0 Å². The van der Waals surface area contributed by atoms with E-state index in [0.29, 0.717) is 6.61 Å². The van der Waals surface area contributed by atoms with Gasteiger partial charge >= 0.3 is 12.1 Å². The van der Waals surface area contributed by atoms with Gasteiger partial charge in [0, 0.05) is 0 Å². The molecule has 1 fully saturated rings. The second kappa shape index (κ2) is 20.9. The van der Waals surface area contributed by atoms with Crippen molar-refractivity contribution in [2.24, 2.45) is 0 Å². The van der Waals surface area contributed by atoms with Gasteiger partial charge in [-0.05, 0) is 49.9 Å². The van der Waals surface area contributed by atoms with Gasteiger partial charge < -0.3 is 43.2 Å². The quantitative estimate of drug-likeness (QED) is 0.105. The van der Waals surface area contributed by atoms with Crippen LogP contribution in [0.3, 0.4) is 0 Å². The highest BCUT2D eigenvalue weighted by atomic mass is 16.7. The standard InChI is InChI=1S/C44H53NO10/c1-31(37(41(46)48-5)45-43(47)55-44(2,3)4)53-42-40(52-29-35-24-16-9-17-25-35)39(51-28-34-22-14-8-15-23-34)38(50-27-33-20-12-7-13-21-33)36(54-42)30-49-26-32-18-10-6-11-19-32/h6-25,31,36-40,42H,26-30H2,1-5H3,(H,45,47)/t31-,36-,37+,38+,39+,40-,42+/m1/s1. The van der Waals surface area contributed by atoms with E-state index in [1.807, 2.05) is 121 Å². The number of carbonyl (C=O) groups excluding carboxylic acids is 2. The highest BCUT2D eigenvalue weighted by molar-refractivity contribution is 5.82. The lowest BCUT2D eigenvalue weighted by Gasteiger charge is -2.46. The Morgan fingerprint density at radius 2 is 1.09 bits per heavy atom. The number of methoxy groups -OCH3 is 1. The number of rotatable bonds is 18. The summed E-state index contributed by atoms with van der Waals surface area (Å²) in [5.41, 5.74) is 3.04. The van der Waals surface area contributed by atoms with Gasteiger partial charge in [0.25, 0.3) is 0 Å². The predicted octanol–water partition coefficient (Wildman–Crippen LogP) is 7.16. The van der Waals surface area contributed by atoms with Gasteiger partial charge in [0.05, 0.1) is 46.2 Å². The zero-order valence-corrected chi connectivity index (χ0v) is 32.2. The Kier molecular flexibility index (Phi) is 15.8. The fourth-order valence-electron chi connectivity index (χ4n) is 6.08. The molecule has 1 heterocycles. The molecule has 0 aromatic heterocycles. The lowest BCUT2D eigenvalue weighted by Crippen LogP contribution is -2.63. The van der Waals surface area contributed by atoms with E-state index in [-0.39, 0.29) is 26.4 Å². The van der Waals surface area contributed by atoms with Crippen LogP contribution in [0.15, 0.2) is 121 Å². The van der Waals surface area contributed by atoms with E-state index in [0.717, 1.165) is 22.3 Å². The van der Waals surface area contributed by atoms with Gasteiger partial charge in [-0.25, -0.2) is 9.59 Å². The first kappa shape index (κ1) is 41.5. The summed E-state index contributed by atoms with van der Waals surface area (Å²) in [6.07, 6.45) is -5.92. The summed E-state index contributed by atoms with van der Waals surface area (Å²) in [7, 11) is 1.24. The van der Waals surface area contributed by atoms with Crippen molar-refractivity contribution in [1.82, 2.24) is 5.32 Å². The molecule has 1 aliphatic heterocycles. The maximum Gasteiger partial charge on any atom is 0.408 e. The first-order chi connectivity index (χ1) is 26.6. The second-order valence-corrected chi connectivity index (χ2v) is 14.3. The fourth-order valence-corrected chi connectivity index (χ4v) is 6.08. The third-order valence-corrected chi connectivity index (χ3v) is 8.79. The van der Waals surface area contributed by atoms with E-state index in [1.165, 1.54) is 7.11 Å². The van der Waals surface area contributed by atoms with Gasteiger partial charge in [0.2, 0.25) is 0 Å². The number of hydrogen-bond donors (Lipinski definition) is 1. The Labute approximate surface area is 324 Å². The second-order valence-electron chi connectivity index (χ2n) is 14.3. The average Bonchev–Trinajstić information content (AvgIpc) is 3.19. The molecule has 11 nitrogen and oxygen atoms in total.